The third-order valence-electron chi connectivity index (χ3n) is 4.31. The number of alkyl halides is 1. The highest BCUT2D eigenvalue weighted by Crippen LogP contribution is 2.42. The zero-order chi connectivity index (χ0) is 19.8. The van der Waals surface area contributed by atoms with Gasteiger partial charge in [-0.25, -0.2) is 19.1 Å². The first-order chi connectivity index (χ1) is 13.5. The number of fused-ring (bicyclic) bond motifs is 1. The topological polar surface area (TPSA) is 58.6 Å². The SMILES string of the molecule is COc1ccc(N2C(=O)N(c3c(CF)csc3Cl)Cc3cnc(Cl)nc32)cc1. The minimum Gasteiger partial charge on any atom is -0.497 e. The minimum atomic E-state index is -0.727. The molecule has 0 bridgehead atoms. The Morgan fingerprint density at radius 3 is 2.71 bits per heavy atom. The van der Waals surface area contributed by atoms with Crippen molar-refractivity contribution < 1.29 is 13.9 Å². The number of hydrogen-bond acceptors (Lipinski definition) is 5. The van der Waals surface area contributed by atoms with Crippen molar-refractivity contribution in [2.24, 2.45) is 0 Å². The average Bonchev–Trinajstić information content (AvgIpc) is 3.08. The summed E-state index contributed by atoms with van der Waals surface area (Å²) >= 11 is 13.4. The average molecular weight is 439 g/mol. The molecular weight excluding hydrogens is 426 g/mol. The number of halogens is 3. The van der Waals surface area contributed by atoms with Crippen molar-refractivity contribution in [1.29, 1.82) is 0 Å². The molecule has 0 unspecified atom stereocenters. The Bertz CT molecular complexity index is 1040. The molecule has 6 nitrogen and oxygen atoms in total. The Morgan fingerprint density at radius 2 is 2.04 bits per heavy atom. The molecule has 1 aromatic carbocycles. The van der Waals surface area contributed by atoms with Gasteiger partial charge in [0.1, 0.15) is 16.8 Å². The van der Waals surface area contributed by atoms with E-state index in [0.29, 0.717) is 38.4 Å². The van der Waals surface area contributed by atoms with E-state index < -0.39 is 12.7 Å². The van der Waals surface area contributed by atoms with Gasteiger partial charge in [-0.1, -0.05) is 11.6 Å². The molecule has 0 spiro atoms. The van der Waals surface area contributed by atoms with Gasteiger partial charge in [0.2, 0.25) is 5.28 Å². The number of aromatic nitrogens is 2. The van der Waals surface area contributed by atoms with E-state index in [4.69, 9.17) is 27.9 Å². The summed E-state index contributed by atoms with van der Waals surface area (Å²) in [4.78, 5) is 24.5. The van der Waals surface area contributed by atoms with Crippen molar-refractivity contribution in [3.63, 3.8) is 0 Å². The van der Waals surface area contributed by atoms with Gasteiger partial charge >= 0.3 is 6.03 Å². The monoisotopic (exact) mass is 438 g/mol. The molecule has 0 radical (unpaired) electrons. The molecule has 3 aromatic rings. The van der Waals surface area contributed by atoms with Crippen molar-refractivity contribution in [3.8, 4) is 5.75 Å². The number of hydrogen-bond donors (Lipinski definition) is 0. The van der Waals surface area contributed by atoms with Crippen LogP contribution in [0.4, 0.5) is 26.4 Å². The molecule has 1 aliphatic rings. The number of anilines is 3. The predicted octanol–water partition coefficient (Wildman–Crippen LogP) is 5.60. The van der Waals surface area contributed by atoms with Crippen molar-refractivity contribution >= 4 is 57.8 Å². The van der Waals surface area contributed by atoms with Crippen LogP contribution in [-0.4, -0.2) is 23.1 Å². The molecule has 0 aliphatic carbocycles. The third kappa shape index (κ3) is 3.17. The van der Waals surface area contributed by atoms with E-state index in [9.17, 15) is 9.18 Å². The summed E-state index contributed by atoms with van der Waals surface area (Å²) in [6.07, 6.45) is 1.55. The maximum atomic E-state index is 13.5. The molecular formula is C18H13Cl2FN4O2S. The molecule has 3 heterocycles. The van der Waals surface area contributed by atoms with Crippen LogP contribution in [0.2, 0.25) is 9.62 Å². The van der Waals surface area contributed by atoms with E-state index in [-0.39, 0.29) is 11.8 Å². The molecule has 0 atom stereocenters. The second-order valence-electron chi connectivity index (χ2n) is 5.91. The van der Waals surface area contributed by atoms with Crippen molar-refractivity contribution in [1.82, 2.24) is 9.97 Å². The number of rotatable bonds is 4. The van der Waals surface area contributed by atoms with Crippen LogP contribution < -0.4 is 14.5 Å². The van der Waals surface area contributed by atoms with Gasteiger partial charge in [0, 0.05) is 22.7 Å². The fourth-order valence-electron chi connectivity index (χ4n) is 3.01. The molecule has 0 saturated carbocycles. The second-order valence-corrected chi connectivity index (χ2v) is 7.73. The number of thiophene rings is 1. The van der Waals surface area contributed by atoms with Gasteiger partial charge in [-0.2, -0.15) is 4.98 Å². The molecule has 2 amide bonds. The van der Waals surface area contributed by atoms with Crippen LogP contribution >= 0.6 is 34.5 Å². The van der Waals surface area contributed by atoms with Crippen LogP contribution in [0, 0.1) is 0 Å². The lowest BCUT2D eigenvalue weighted by Gasteiger charge is -2.36. The van der Waals surface area contributed by atoms with E-state index >= 15 is 0 Å². The number of nitrogens with zero attached hydrogens (tertiary/aromatic N) is 4. The van der Waals surface area contributed by atoms with E-state index in [1.807, 2.05) is 0 Å². The summed E-state index contributed by atoms with van der Waals surface area (Å²) in [5, 5.41) is 1.63. The Hall–Kier alpha value is -2.42. The van der Waals surface area contributed by atoms with Crippen LogP contribution in [0.1, 0.15) is 11.1 Å². The zero-order valence-corrected chi connectivity index (χ0v) is 16.9. The molecule has 4 rings (SSSR count). The number of amides is 2. The Morgan fingerprint density at radius 1 is 1.29 bits per heavy atom. The van der Waals surface area contributed by atoms with E-state index in [0.717, 1.165) is 0 Å². The second kappa shape index (κ2) is 7.54. The summed E-state index contributed by atoms with van der Waals surface area (Å²) in [5.74, 6) is 1.02. The van der Waals surface area contributed by atoms with E-state index in [1.165, 1.54) is 21.1 Å². The van der Waals surface area contributed by atoms with Gasteiger partial charge < -0.3 is 4.74 Å². The summed E-state index contributed by atoms with van der Waals surface area (Å²) in [6, 6.07) is 6.50. The Labute approximate surface area is 174 Å². The number of methoxy groups -OCH3 is 1. The maximum Gasteiger partial charge on any atom is 0.335 e. The number of ether oxygens (including phenoxy) is 1. The summed E-state index contributed by atoms with van der Waals surface area (Å²) < 4.78 is 19.0. The summed E-state index contributed by atoms with van der Waals surface area (Å²) in [7, 11) is 1.56. The summed E-state index contributed by atoms with van der Waals surface area (Å²) in [6.45, 7) is -0.573. The highest BCUT2D eigenvalue weighted by atomic mass is 35.5. The zero-order valence-electron chi connectivity index (χ0n) is 14.5. The minimum absolute atomic E-state index is 0.0246. The molecule has 0 fully saturated rings. The smallest absolute Gasteiger partial charge is 0.335 e. The number of benzene rings is 1. The van der Waals surface area contributed by atoms with Crippen molar-refractivity contribution in [2.45, 2.75) is 13.2 Å². The maximum absolute atomic E-state index is 13.5. The van der Waals surface area contributed by atoms with E-state index in [2.05, 4.69) is 9.97 Å². The van der Waals surface area contributed by atoms with Crippen LogP contribution in [0.25, 0.3) is 0 Å². The standard InChI is InChI=1S/C18H13Cl2FN4O2S/c1-27-13-4-2-12(3-5-13)25-16-11(7-22-17(20)23-16)8-24(18(25)26)14-10(6-21)9-28-15(14)19/h2-5,7,9H,6,8H2,1H3. The van der Waals surface area contributed by atoms with Gasteiger partial charge in [-0.15, -0.1) is 11.3 Å². The summed E-state index contributed by atoms with van der Waals surface area (Å²) in [5.41, 5.74) is 1.93. The first-order valence-corrected chi connectivity index (χ1v) is 9.76. The van der Waals surface area contributed by atoms with Crippen molar-refractivity contribution in [3.05, 3.63) is 56.6 Å². The Kier molecular flexibility index (Phi) is 5.09. The van der Waals surface area contributed by atoms with Gasteiger partial charge in [-0.05, 0) is 35.9 Å². The molecule has 144 valence electrons. The first kappa shape index (κ1) is 18.9. The lowest BCUT2D eigenvalue weighted by atomic mass is 10.1. The molecule has 0 saturated heterocycles. The van der Waals surface area contributed by atoms with E-state index in [1.54, 1.807) is 43.0 Å². The highest BCUT2D eigenvalue weighted by Gasteiger charge is 2.36. The molecule has 0 N–H and O–H groups in total. The predicted molar refractivity (Wildman–Crippen MR) is 108 cm³/mol. The largest absolute Gasteiger partial charge is 0.497 e. The fraction of sp³-hybridized carbons (Fsp3) is 0.167. The van der Waals surface area contributed by atoms with Gasteiger partial charge in [0.25, 0.3) is 0 Å². The lowest BCUT2D eigenvalue weighted by molar-refractivity contribution is 0.252. The third-order valence-corrected chi connectivity index (χ3v) is 5.75. The lowest BCUT2D eigenvalue weighted by Crippen LogP contribution is -2.45. The molecule has 10 heteroatoms. The molecule has 28 heavy (non-hydrogen) atoms. The van der Waals surface area contributed by atoms with Gasteiger partial charge in [0.15, 0.2) is 5.82 Å². The molecule has 2 aromatic heterocycles. The molecule has 1 aliphatic heterocycles. The van der Waals surface area contributed by atoms with Gasteiger partial charge in [-0.3, -0.25) is 4.90 Å². The Balaban J connectivity index is 1.86. The van der Waals surface area contributed by atoms with Crippen molar-refractivity contribution in [2.75, 3.05) is 16.9 Å². The van der Waals surface area contributed by atoms with Crippen LogP contribution in [0.5, 0.6) is 5.75 Å². The number of carbonyl (C=O) groups excluding carboxylic acids is 1. The van der Waals surface area contributed by atoms with Crippen LogP contribution in [0.3, 0.4) is 0 Å². The fourth-order valence-corrected chi connectivity index (χ4v) is 4.26. The number of carbonyl (C=O) groups is 1. The first-order valence-electron chi connectivity index (χ1n) is 8.12. The number of urea groups is 1. The normalized spacial score (nSPS) is 13.6. The quantitative estimate of drug-likeness (QED) is 0.497. The van der Waals surface area contributed by atoms with Gasteiger partial charge in [0.05, 0.1) is 25.0 Å². The van der Waals surface area contributed by atoms with Crippen LogP contribution in [-0.2, 0) is 13.2 Å². The van der Waals surface area contributed by atoms with Crippen LogP contribution in [0.15, 0.2) is 35.8 Å². The highest BCUT2D eigenvalue weighted by molar-refractivity contribution is 7.15.